The van der Waals surface area contributed by atoms with Gasteiger partial charge in [0, 0.05) is 37.0 Å². The molecule has 0 spiro atoms. The lowest BCUT2D eigenvalue weighted by atomic mass is 9.95. The zero-order valence-corrected chi connectivity index (χ0v) is 13.6. The summed E-state index contributed by atoms with van der Waals surface area (Å²) < 4.78 is 19.5. The van der Waals surface area contributed by atoms with Crippen molar-refractivity contribution in [3.8, 4) is 0 Å². The molecule has 126 valence electrons. The van der Waals surface area contributed by atoms with Crippen LogP contribution >= 0.6 is 11.8 Å². The van der Waals surface area contributed by atoms with E-state index in [2.05, 4.69) is 10.2 Å². The lowest BCUT2D eigenvalue weighted by Gasteiger charge is -2.43. The summed E-state index contributed by atoms with van der Waals surface area (Å²) in [6.45, 7) is 3.89. The molecule has 1 aromatic rings. The van der Waals surface area contributed by atoms with E-state index in [0.29, 0.717) is 12.2 Å². The number of nitrogens with one attached hydrogen (secondary N) is 1. The Labute approximate surface area is 138 Å². The van der Waals surface area contributed by atoms with Crippen LogP contribution in [0.5, 0.6) is 0 Å². The van der Waals surface area contributed by atoms with Crippen LogP contribution in [0.3, 0.4) is 0 Å². The van der Waals surface area contributed by atoms with Crippen molar-refractivity contribution in [2.45, 2.75) is 12.0 Å². The smallest absolute Gasteiger partial charge is 0.272 e. The van der Waals surface area contributed by atoms with Crippen LogP contribution < -0.4 is 5.32 Å². The third kappa shape index (κ3) is 3.59. The molecule has 0 unspecified atom stereocenters. The molecule has 23 heavy (non-hydrogen) atoms. The lowest BCUT2D eigenvalue weighted by Crippen LogP contribution is -2.57. The van der Waals surface area contributed by atoms with E-state index in [-0.39, 0.29) is 11.2 Å². The number of morpholine rings is 1. The second-order valence-electron chi connectivity index (χ2n) is 5.90. The second kappa shape index (κ2) is 7.02. The molecule has 1 N–H and O–H groups in total. The van der Waals surface area contributed by atoms with Crippen LogP contribution in [-0.2, 0) is 4.74 Å². The molecule has 0 aliphatic carbocycles. The normalized spacial score (nSPS) is 25.4. The summed E-state index contributed by atoms with van der Waals surface area (Å²) in [6, 6.07) is 3.74. The fourth-order valence-electron chi connectivity index (χ4n) is 3.16. The van der Waals surface area contributed by atoms with Gasteiger partial charge >= 0.3 is 0 Å². The van der Waals surface area contributed by atoms with Gasteiger partial charge < -0.3 is 10.1 Å². The standard InChI is InChI=1S/C15H20FN3O3S/c16-13-9-12(19(20)21)1-2-14(13)17-10-15(3-8-23-11-15)18-4-6-22-7-5-18/h1-2,9,17H,3-8,10-11H2/t15-/m1/s1. The van der Waals surface area contributed by atoms with E-state index in [0.717, 1.165) is 50.3 Å². The Morgan fingerprint density at radius 2 is 2.22 bits per heavy atom. The molecule has 0 amide bonds. The first-order chi connectivity index (χ1) is 11.1. The highest BCUT2D eigenvalue weighted by atomic mass is 32.2. The first-order valence-electron chi connectivity index (χ1n) is 7.69. The number of nitro benzene ring substituents is 1. The number of nitrogens with zero attached hydrogens (tertiary/aromatic N) is 2. The van der Waals surface area contributed by atoms with Gasteiger partial charge in [0.25, 0.3) is 5.69 Å². The maximum absolute atomic E-state index is 14.0. The Balaban J connectivity index is 1.70. The Hall–Kier alpha value is -1.38. The van der Waals surface area contributed by atoms with Gasteiger partial charge in [-0.1, -0.05) is 0 Å². The predicted molar refractivity (Wildman–Crippen MR) is 88.6 cm³/mol. The van der Waals surface area contributed by atoms with Crippen molar-refractivity contribution in [3.05, 3.63) is 34.1 Å². The van der Waals surface area contributed by atoms with Crippen LogP contribution in [0.1, 0.15) is 6.42 Å². The molecule has 8 heteroatoms. The summed E-state index contributed by atoms with van der Waals surface area (Å²) in [5.41, 5.74) is 0.0929. The molecular formula is C15H20FN3O3S. The maximum Gasteiger partial charge on any atom is 0.272 e. The fraction of sp³-hybridized carbons (Fsp3) is 0.600. The number of anilines is 1. The minimum Gasteiger partial charge on any atom is -0.381 e. The van der Waals surface area contributed by atoms with Crippen molar-refractivity contribution < 1.29 is 14.1 Å². The van der Waals surface area contributed by atoms with Gasteiger partial charge in [0.05, 0.1) is 29.9 Å². The molecular weight excluding hydrogens is 321 g/mol. The van der Waals surface area contributed by atoms with Crippen molar-refractivity contribution >= 4 is 23.1 Å². The number of non-ortho nitro benzene ring substituents is 1. The first-order valence-corrected chi connectivity index (χ1v) is 8.85. The minimum atomic E-state index is -0.588. The largest absolute Gasteiger partial charge is 0.381 e. The molecule has 2 aliphatic rings. The highest BCUT2D eigenvalue weighted by Gasteiger charge is 2.40. The van der Waals surface area contributed by atoms with E-state index in [1.165, 1.54) is 12.1 Å². The molecule has 2 saturated heterocycles. The Morgan fingerprint density at radius 1 is 1.43 bits per heavy atom. The van der Waals surface area contributed by atoms with Gasteiger partial charge in [-0.3, -0.25) is 15.0 Å². The molecule has 0 radical (unpaired) electrons. The van der Waals surface area contributed by atoms with Gasteiger partial charge in [-0.2, -0.15) is 11.8 Å². The summed E-state index contributed by atoms with van der Waals surface area (Å²) in [7, 11) is 0. The third-order valence-corrected chi connectivity index (χ3v) is 5.77. The molecule has 2 fully saturated rings. The number of nitro groups is 1. The molecule has 3 rings (SSSR count). The van der Waals surface area contributed by atoms with E-state index >= 15 is 0 Å². The fourth-order valence-corrected chi connectivity index (χ4v) is 4.63. The van der Waals surface area contributed by atoms with Crippen molar-refractivity contribution in [2.75, 3.05) is 49.7 Å². The molecule has 1 aromatic carbocycles. The van der Waals surface area contributed by atoms with E-state index in [1.807, 2.05) is 11.8 Å². The van der Waals surface area contributed by atoms with Crippen molar-refractivity contribution in [2.24, 2.45) is 0 Å². The molecule has 2 heterocycles. The molecule has 1 atom stereocenters. The number of halogens is 1. The van der Waals surface area contributed by atoms with Gasteiger partial charge in [0.2, 0.25) is 0 Å². The summed E-state index contributed by atoms with van der Waals surface area (Å²) >= 11 is 1.91. The predicted octanol–water partition coefficient (Wildman–Crippen LogP) is 2.35. The van der Waals surface area contributed by atoms with Crippen LogP contribution in [0, 0.1) is 15.9 Å². The number of rotatable bonds is 5. The SMILES string of the molecule is O=[N+]([O-])c1ccc(NC[C@]2(N3CCOCC3)CCSC2)c(F)c1. The summed E-state index contributed by atoms with van der Waals surface area (Å²) in [4.78, 5) is 12.5. The lowest BCUT2D eigenvalue weighted by molar-refractivity contribution is -0.385. The van der Waals surface area contributed by atoms with Gasteiger partial charge in [0.15, 0.2) is 5.82 Å². The zero-order valence-electron chi connectivity index (χ0n) is 12.8. The van der Waals surface area contributed by atoms with E-state index in [1.54, 1.807) is 0 Å². The molecule has 6 nitrogen and oxygen atoms in total. The van der Waals surface area contributed by atoms with E-state index in [4.69, 9.17) is 4.74 Å². The topological polar surface area (TPSA) is 67.6 Å². The highest BCUT2D eigenvalue weighted by Crippen LogP contribution is 2.34. The average Bonchev–Trinajstić information content (AvgIpc) is 3.04. The quantitative estimate of drug-likeness (QED) is 0.655. The summed E-state index contributed by atoms with van der Waals surface area (Å²) in [5, 5.41) is 13.9. The van der Waals surface area contributed by atoms with E-state index < -0.39 is 10.7 Å². The van der Waals surface area contributed by atoms with E-state index in [9.17, 15) is 14.5 Å². The van der Waals surface area contributed by atoms with Crippen molar-refractivity contribution in [1.29, 1.82) is 0 Å². The monoisotopic (exact) mass is 341 g/mol. The van der Waals surface area contributed by atoms with Crippen molar-refractivity contribution in [3.63, 3.8) is 0 Å². The van der Waals surface area contributed by atoms with Crippen LogP contribution in [0.25, 0.3) is 0 Å². The molecule has 0 aromatic heterocycles. The van der Waals surface area contributed by atoms with Crippen LogP contribution in [0.15, 0.2) is 18.2 Å². The minimum absolute atomic E-state index is 0.00264. The number of hydrogen-bond acceptors (Lipinski definition) is 6. The number of benzene rings is 1. The highest BCUT2D eigenvalue weighted by molar-refractivity contribution is 7.99. The number of thioether (sulfide) groups is 1. The Bertz CT molecular complexity index is 575. The van der Waals surface area contributed by atoms with Crippen LogP contribution in [0.4, 0.5) is 15.8 Å². The van der Waals surface area contributed by atoms with Gasteiger partial charge in [-0.05, 0) is 18.2 Å². The second-order valence-corrected chi connectivity index (χ2v) is 7.01. The Morgan fingerprint density at radius 3 is 2.83 bits per heavy atom. The Kier molecular flexibility index (Phi) is 5.03. The maximum atomic E-state index is 14.0. The van der Waals surface area contributed by atoms with Crippen LogP contribution in [0.2, 0.25) is 0 Å². The van der Waals surface area contributed by atoms with Crippen LogP contribution in [-0.4, -0.2) is 59.7 Å². The molecule has 0 saturated carbocycles. The summed E-state index contributed by atoms with van der Waals surface area (Å²) in [5.74, 6) is 1.53. The zero-order chi connectivity index (χ0) is 16.3. The number of hydrogen-bond donors (Lipinski definition) is 1. The van der Waals surface area contributed by atoms with Crippen molar-refractivity contribution in [1.82, 2.24) is 4.90 Å². The third-order valence-electron chi connectivity index (χ3n) is 4.54. The van der Waals surface area contributed by atoms with Gasteiger partial charge in [-0.15, -0.1) is 0 Å². The van der Waals surface area contributed by atoms with Gasteiger partial charge in [0.1, 0.15) is 0 Å². The average molecular weight is 341 g/mol. The first kappa shape index (κ1) is 16.5. The molecule has 2 aliphatic heterocycles. The number of ether oxygens (including phenoxy) is 1. The summed E-state index contributed by atoms with van der Waals surface area (Å²) in [6.07, 6.45) is 1.05. The van der Waals surface area contributed by atoms with Gasteiger partial charge in [-0.25, -0.2) is 4.39 Å². The molecule has 0 bridgehead atoms.